The van der Waals surface area contributed by atoms with Crippen LogP contribution in [0.3, 0.4) is 0 Å². The van der Waals surface area contributed by atoms with Gasteiger partial charge in [0, 0.05) is 22.3 Å². The van der Waals surface area contributed by atoms with Gasteiger partial charge in [-0.1, -0.05) is 18.7 Å². The van der Waals surface area contributed by atoms with Crippen LogP contribution in [-0.4, -0.2) is 4.57 Å². The normalized spacial score (nSPS) is 14.6. The average molecular weight is 290 g/mol. The van der Waals surface area contributed by atoms with Crippen molar-refractivity contribution in [3.63, 3.8) is 0 Å². The lowest BCUT2D eigenvalue weighted by Crippen LogP contribution is -2.13. The van der Waals surface area contributed by atoms with Gasteiger partial charge in [0.25, 0.3) is 0 Å². The first kappa shape index (κ1) is 10.5. The van der Waals surface area contributed by atoms with E-state index in [9.17, 15) is 0 Å². The van der Waals surface area contributed by atoms with Crippen molar-refractivity contribution in [2.45, 2.75) is 6.54 Å². The molecular weight excluding hydrogens is 278 g/mol. The minimum atomic E-state index is 0.804. The number of rotatable bonds is 2. The van der Waals surface area contributed by atoms with Crippen molar-refractivity contribution < 1.29 is 0 Å². The number of halogens is 1. The second-order valence-corrected chi connectivity index (χ2v) is 4.89. The fourth-order valence-corrected chi connectivity index (χ4v) is 2.66. The third kappa shape index (κ3) is 1.85. The molecule has 2 N–H and O–H groups in total. The first-order valence-corrected chi connectivity index (χ1v) is 6.18. The molecular formula is C13H12BrN3. The second kappa shape index (κ2) is 3.96. The van der Waals surface area contributed by atoms with Crippen molar-refractivity contribution in [2.24, 2.45) is 0 Å². The highest BCUT2D eigenvalue weighted by Crippen LogP contribution is 2.25. The van der Waals surface area contributed by atoms with Crippen LogP contribution >= 0.6 is 15.9 Å². The van der Waals surface area contributed by atoms with Crippen LogP contribution in [-0.2, 0) is 6.54 Å². The Kier molecular flexibility index (Phi) is 2.44. The summed E-state index contributed by atoms with van der Waals surface area (Å²) in [7, 11) is 0. The van der Waals surface area contributed by atoms with Crippen molar-refractivity contribution >= 4 is 26.8 Å². The van der Waals surface area contributed by atoms with Gasteiger partial charge in [0.05, 0.1) is 23.6 Å². The largest absolute Gasteiger partial charge is 0.347 e. The van der Waals surface area contributed by atoms with E-state index >= 15 is 0 Å². The number of nitrogens with zero attached hydrogens (tertiary/aromatic N) is 1. The molecule has 1 aromatic carbocycles. The third-order valence-electron chi connectivity index (χ3n) is 2.81. The molecule has 0 spiro atoms. The molecule has 0 unspecified atom stereocenters. The molecule has 86 valence electrons. The van der Waals surface area contributed by atoms with E-state index in [2.05, 4.69) is 62.1 Å². The summed E-state index contributed by atoms with van der Waals surface area (Å²) in [5, 5.41) is 7.49. The van der Waals surface area contributed by atoms with Crippen LogP contribution < -0.4 is 10.6 Å². The molecule has 0 amide bonds. The van der Waals surface area contributed by atoms with Gasteiger partial charge in [0.1, 0.15) is 0 Å². The molecule has 17 heavy (non-hydrogen) atoms. The first-order chi connectivity index (χ1) is 8.24. The van der Waals surface area contributed by atoms with Crippen LogP contribution in [0.1, 0.15) is 0 Å². The molecule has 2 aromatic rings. The van der Waals surface area contributed by atoms with E-state index in [1.807, 2.05) is 12.3 Å². The highest BCUT2D eigenvalue weighted by molar-refractivity contribution is 9.10. The van der Waals surface area contributed by atoms with Crippen molar-refractivity contribution in [1.29, 1.82) is 0 Å². The topological polar surface area (TPSA) is 29.0 Å². The minimum Gasteiger partial charge on any atom is -0.347 e. The number of hydrogen-bond acceptors (Lipinski definition) is 2. The van der Waals surface area contributed by atoms with Crippen LogP contribution in [0.25, 0.3) is 10.9 Å². The number of allylic oxidation sites excluding steroid dienone is 1. The summed E-state index contributed by atoms with van der Waals surface area (Å²) in [4.78, 5) is 0. The van der Waals surface area contributed by atoms with Crippen molar-refractivity contribution in [3.05, 3.63) is 59.2 Å². The van der Waals surface area contributed by atoms with Gasteiger partial charge in [0.15, 0.2) is 0 Å². The summed E-state index contributed by atoms with van der Waals surface area (Å²) in [5.41, 5.74) is 2.33. The molecule has 0 saturated heterocycles. The summed E-state index contributed by atoms with van der Waals surface area (Å²) in [6, 6.07) is 8.35. The quantitative estimate of drug-likeness (QED) is 0.890. The Hall–Kier alpha value is -1.68. The number of nitrogens with one attached hydrogen (secondary N) is 2. The molecule has 0 radical (unpaired) electrons. The molecule has 1 aromatic heterocycles. The Morgan fingerprint density at radius 3 is 2.94 bits per heavy atom. The lowest BCUT2D eigenvalue weighted by Gasteiger charge is -2.08. The van der Waals surface area contributed by atoms with E-state index < -0.39 is 0 Å². The van der Waals surface area contributed by atoms with Gasteiger partial charge in [-0.15, -0.1) is 0 Å². The maximum Gasteiger partial charge on any atom is 0.0996 e. The lowest BCUT2D eigenvalue weighted by molar-refractivity contribution is 0.770. The van der Waals surface area contributed by atoms with E-state index in [0.717, 1.165) is 22.5 Å². The third-order valence-corrected chi connectivity index (χ3v) is 3.45. The lowest BCUT2D eigenvalue weighted by atomic mass is 10.2. The zero-order chi connectivity index (χ0) is 11.8. The van der Waals surface area contributed by atoms with Gasteiger partial charge in [-0.2, -0.15) is 0 Å². The molecule has 2 heterocycles. The molecule has 0 fully saturated rings. The predicted molar refractivity (Wildman–Crippen MR) is 73.1 cm³/mol. The van der Waals surface area contributed by atoms with Crippen LogP contribution in [0, 0.1) is 0 Å². The monoisotopic (exact) mass is 289 g/mol. The van der Waals surface area contributed by atoms with E-state index in [1.165, 1.54) is 10.9 Å². The Bertz CT molecular complexity index is 625. The average Bonchev–Trinajstić information content (AvgIpc) is 2.88. The Morgan fingerprint density at radius 1 is 1.29 bits per heavy atom. The smallest absolute Gasteiger partial charge is 0.0996 e. The molecule has 3 nitrogen and oxygen atoms in total. The summed E-state index contributed by atoms with van der Waals surface area (Å²) < 4.78 is 3.32. The molecule has 0 saturated carbocycles. The zero-order valence-corrected chi connectivity index (χ0v) is 10.8. The fourth-order valence-electron chi connectivity index (χ4n) is 2.05. The fraction of sp³-hybridized carbons (Fsp3) is 0.0769. The van der Waals surface area contributed by atoms with Crippen molar-refractivity contribution in [2.75, 3.05) is 0 Å². The summed E-state index contributed by atoms with van der Waals surface area (Å²) >= 11 is 3.59. The number of benzene rings is 1. The predicted octanol–water partition coefficient (Wildman–Crippen LogP) is 2.91. The van der Waals surface area contributed by atoms with Gasteiger partial charge in [-0.3, -0.25) is 0 Å². The number of aromatic nitrogens is 1. The zero-order valence-electron chi connectivity index (χ0n) is 9.20. The second-order valence-electron chi connectivity index (χ2n) is 4.04. The Balaban J connectivity index is 1.98. The maximum absolute atomic E-state index is 3.82. The van der Waals surface area contributed by atoms with Gasteiger partial charge < -0.3 is 15.2 Å². The van der Waals surface area contributed by atoms with Crippen LogP contribution in [0.2, 0.25) is 0 Å². The van der Waals surface area contributed by atoms with E-state index in [0.29, 0.717) is 0 Å². The Labute approximate surface area is 108 Å². The van der Waals surface area contributed by atoms with Crippen molar-refractivity contribution in [3.8, 4) is 0 Å². The molecule has 0 aliphatic carbocycles. The highest BCUT2D eigenvalue weighted by Gasteiger charge is 2.09. The SMILES string of the molecule is C=C1NC=C(Cn2ccc3cccc(Br)c32)N1. The van der Waals surface area contributed by atoms with Gasteiger partial charge in [-0.25, -0.2) is 0 Å². The summed E-state index contributed by atoms with van der Waals surface area (Å²) in [5.74, 6) is 0.829. The highest BCUT2D eigenvalue weighted by atomic mass is 79.9. The maximum atomic E-state index is 3.82. The van der Waals surface area contributed by atoms with Crippen LogP contribution in [0.15, 0.2) is 59.2 Å². The standard InChI is InChI=1S/C13H12BrN3/c1-9-15-7-11(16-9)8-17-6-5-10-3-2-4-12(14)13(10)17/h2-7,15-16H,1,8H2. The van der Waals surface area contributed by atoms with Gasteiger partial charge in [-0.05, 0) is 28.1 Å². The molecule has 0 bridgehead atoms. The summed E-state index contributed by atoms with van der Waals surface area (Å²) in [6.45, 7) is 4.62. The number of fused-ring (bicyclic) bond motifs is 1. The van der Waals surface area contributed by atoms with Crippen LogP contribution in [0.5, 0.6) is 0 Å². The van der Waals surface area contributed by atoms with E-state index in [1.54, 1.807) is 0 Å². The first-order valence-electron chi connectivity index (χ1n) is 5.39. The van der Waals surface area contributed by atoms with Crippen molar-refractivity contribution in [1.82, 2.24) is 15.2 Å². The van der Waals surface area contributed by atoms with E-state index in [4.69, 9.17) is 0 Å². The van der Waals surface area contributed by atoms with E-state index in [-0.39, 0.29) is 0 Å². The molecule has 3 rings (SSSR count). The number of para-hydroxylation sites is 1. The van der Waals surface area contributed by atoms with Gasteiger partial charge in [0.2, 0.25) is 0 Å². The van der Waals surface area contributed by atoms with Crippen LogP contribution in [0.4, 0.5) is 0 Å². The molecule has 4 heteroatoms. The molecule has 0 atom stereocenters. The number of hydrogen-bond donors (Lipinski definition) is 2. The van der Waals surface area contributed by atoms with Gasteiger partial charge >= 0.3 is 0 Å². The summed E-state index contributed by atoms with van der Waals surface area (Å²) in [6.07, 6.45) is 4.05. The molecule has 1 aliphatic heterocycles. The minimum absolute atomic E-state index is 0.804. The molecule has 1 aliphatic rings. The Morgan fingerprint density at radius 2 is 2.18 bits per heavy atom.